The number of nitrogens with zero attached hydrogens (tertiary/aromatic N) is 2. The topological polar surface area (TPSA) is 239 Å². The summed E-state index contributed by atoms with van der Waals surface area (Å²) in [5.41, 5.74) is 11.3. The second kappa shape index (κ2) is 16.7. The number of carbonyl (C=O) groups is 5. The van der Waals surface area contributed by atoms with Crippen molar-refractivity contribution in [1.29, 1.82) is 0 Å². The molecule has 2 aliphatic heterocycles. The molecule has 2 aliphatic rings. The first kappa shape index (κ1) is 42.3. The first-order valence-electron chi connectivity index (χ1n) is 17.4. The molecule has 1 saturated heterocycles. The number of β-lactam (4-membered cyclic amide) rings is 1. The summed E-state index contributed by atoms with van der Waals surface area (Å²) in [5.74, 6) is -5.06. The van der Waals surface area contributed by atoms with E-state index in [1.54, 1.807) is 47.6 Å². The molecule has 1 fully saturated rings. The quantitative estimate of drug-likeness (QED) is 0.110. The minimum Gasteiger partial charge on any atom is -0.459 e. The molecular weight excluding hydrogens is 785 g/mol. The number of benzene rings is 2. The molecule has 300 valence electrons. The number of fused-ring (bicyclic) bond motifs is 1. The van der Waals surface area contributed by atoms with E-state index < -0.39 is 86.3 Å². The average Bonchev–Trinajstić information content (AvgIpc) is 3.51. The number of anilines is 1. The SMILES string of the molecule is CC(C)(C)OC(=O)c1nc([C@@H](NS(=O)(=O)C[C@@H](N)C(=O)OC(C)(C)C)C(=O)N[C@@H]2C(=O)N3C(C(=O)OC(c4ccccc4)c4ccccc4)=CCS[C@H]23)c(N)s1. The Morgan fingerprint density at radius 2 is 1.50 bits per heavy atom. The van der Waals surface area contributed by atoms with Gasteiger partial charge in [0.15, 0.2) is 6.10 Å². The van der Waals surface area contributed by atoms with Gasteiger partial charge < -0.3 is 31.0 Å². The van der Waals surface area contributed by atoms with E-state index in [-0.39, 0.29) is 27.2 Å². The zero-order chi connectivity index (χ0) is 41.2. The molecule has 3 heterocycles. The number of nitrogens with one attached hydrogen (secondary N) is 2. The molecule has 5 rings (SSSR count). The number of nitrogen functional groups attached to an aromatic ring is 1. The van der Waals surface area contributed by atoms with Crippen molar-refractivity contribution < 1.29 is 46.6 Å². The Kier molecular flexibility index (Phi) is 12.6. The van der Waals surface area contributed by atoms with Crippen molar-refractivity contribution in [3.8, 4) is 0 Å². The molecule has 0 spiro atoms. The maximum absolute atomic E-state index is 14.0. The highest BCUT2D eigenvalue weighted by Gasteiger charge is 2.54. The van der Waals surface area contributed by atoms with Gasteiger partial charge in [-0.1, -0.05) is 72.0 Å². The van der Waals surface area contributed by atoms with Crippen LogP contribution in [-0.4, -0.2) is 88.2 Å². The molecule has 56 heavy (non-hydrogen) atoms. The van der Waals surface area contributed by atoms with E-state index in [9.17, 15) is 32.4 Å². The Bertz CT molecular complexity index is 2070. The standard InChI is InChI=1S/C37H44N6O10S3/c1-36(2,3)52-33(46)22(38)19-56(49,50)42-25(24-28(39)55-30(41-24)35(48)53-37(4,5)6)29(44)40-26-31(45)43-23(17-18-54-32(26)43)34(47)51-27(20-13-9-7-10-14-20)21-15-11-8-12-16-21/h7-17,22,25-27,32,42H,18-19,38-39H2,1-6H3,(H,40,44)/t22-,25-,26-,32-/m1/s1. The smallest absolute Gasteiger partial charge is 0.368 e. The fraction of sp³-hybridized carbons (Fsp3) is 0.405. The molecular formula is C37H44N6O10S3. The predicted octanol–water partition coefficient (Wildman–Crippen LogP) is 2.93. The van der Waals surface area contributed by atoms with Gasteiger partial charge in [0.25, 0.3) is 5.91 Å². The van der Waals surface area contributed by atoms with E-state index in [2.05, 4.69) is 15.0 Å². The minimum absolute atomic E-state index is 0.0137. The summed E-state index contributed by atoms with van der Waals surface area (Å²) in [6, 6.07) is 13.5. The number of carbonyl (C=O) groups excluding carboxylic acids is 5. The van der Waals surface area contributed by atoms with Gasteiger partial charge in [0, 0.05) is 5.75 Å². The van der Waals surface area contributed by atoms with Crippen molar-refractivity contribution in [1.82, 2.24) is 19.9 Å². The number of amides is 2. The Morgan fingerprint density at radius 1 is 0.929 bits per heavy atom. The Balaban J connectivity index is 1.37. The number of thiazole rings is 1. The van der Waals surface area contributed by atoms with Crippen molar-refractivity contribution in [2.24, 2.45) is 5.73 Å². The summed E-state index contributed by atoms with van der Waals surface area (Å²) in [6.45, 7) is 9.65. The highest BCUT2D eigenvalue weighted by atomic mass is 32.2. The summed E-state index contributed by atoms with van der Waals surface area (Å²) in [5, 5.41) is 1.33. The number of ether oxygens (including phenoxy) is 3. The molecule has 6 N–H and O–H groups in total. The third-order valence-electron chi connectivity index (χ3n) is 7.98. The summed E-state index contributed by atoms with van der Waals surface area (Å²) in [4.78, 5) is 72.2. The Morgan fingerprint density at radius 3 is 2.05 bits per heavy atom. The van der Waals surface area contributed by atoms with Crippen LogP contribution in [-0.2, 0) is 43.4 Å². The largest absolute Gasteiger partial charge is 0.459 e. The lowest BCUT2D eigenvalue weighted by molar-refractivity contribution is -0.155. The van der Waals surface area contributed by atoms with Gasteiger partial charge >= 0.3 is 17.9 Å². The van der Waals surface area contributed by atoms with Crippen molar-refractivity contribution in [3.05, 3.63) is 94.3 Å². The maximum atomic E-state index is 14.0. The number of thioether (sulfide) groups is 1. The van der Waals surface area contributed by atoms with Crippen LogP contribution in [0.1, 0.15) is 80.3 Å². The van der Waals surface area contributed by atoms with Crippen LogP contribution in [0.3, 0.4) is 0 Å². The lowest BCUT2D eigenvalue weighted by atomic mass is 10.0. The molecule has 2 aromatic carbocycles. The second-order valence-corrected chi connectivity index (χ2v) is 18.8. The van der Waals surface area contributed by atoms with Crippen LogP contribution in [0.25, 0.3) is 0 Å². The highest BCUT2D eigenvalue weighted by molar-refractivity contribution is 8.00. The molecule has 0 aliphatic carbocycles. The number of aromatic nitrogens is 1. The number of esters is 3. The van der Waals surface area contributed by atoms with E-state index in [4.69, 9.17) is 25.7 Å². The van der Waals surface area contributed by atoms with Crippen LogP contribution < -0.4 is 21.5 Å². The molecule has 0 bridgehead atoms. The number of sulfonamides is 1. The summed E-state index contributed by atoms with van der Waals surface area (Å²) < 4.78 is 45.6. The Hall–Kier alpha value is -4.82. The van der Waals surface area contributed by atoms with Crippen LogP contribution in [0.5, 0.6) is 0 Å². The van der Waals surface area contributed by atoms with Crippen LogP contribution in [0.15, 0.2) is 72.4 Å². The average molecular weight is 829 g/mol. The molecule has 2 amide bonds. The van der Waals surface area contributed by atoms with Gasteiger partial charge in [0.05, 0.1) is 5.75 Å². The number of nitrogens with two attached hydrogens (primary N) is 2. The lowest BCUT2D eigenvalue weighted by Gasteiger charge is -2.48. The zero-order valence-corrected chi connectivity index (χ0v) is 34.0. The zero-order valence-electron chi connectivity index (χ0n) is 31.5. The first-order valence-corrected chi connectivity index (χ1v) is 20.9. The van der Waals surface area contributed by atoms with Crippen LogP contribution in [0.4, 0.5) is 5.00 Å². The van der Waals surface area contributed by atoms with E-state index in [0.717, 1.165) is 0 Å². The van der Waals surface area contributed by atoms with E-state index in [1.165, 1.54) is 16.7 Å². The van der Waals surface area contributed by atoms with Crippen LogP contribution in [0.2, 0.25) is 0 Å². The van der Waals surface area contributed by atoms with Crippen molar-refractivity contribution >= 4 is 67.8 Å². The first-order chi connectivity index (χ1) is 26.1. The van der Waals surface area contributed by atoms with Crippen LogP contribution >= 0.6 is 23.1 Å². The number of rotatable bonds is 13. The van der Waals surface area contributed by atoms with E-state index in [0.29, 0.717) is 22.5 Å². The lowest BCUT2D eigenvalue weighted by Crippen LogP contribution is -2.70. The normalized spacial score (nSPS) is 18.2. The van der Waals surface area contributed by atoms with Crippen LogP contribution in [0, 0.1) is 0 Å². The van der Waals surface area contributed by atoms with Gasteiger partial charge in [0.2, 0.25) is 20.9 Å². The van der Waals surface area contributed by atoms with Crippen molar-refractivity contribution in [2.75, 3.05) is 17.2 Å². The van der Waals surface area contributed by atoms with Gasteiger partial charge in [-0.05, 0) is 58.7 Å². The second-order valence-electron chi connectivity index (χ2n) is 14.9. The molecule has 16 nitrogen and oxygen atoms in total. The van der Waals surface area contributed by atoms with Gasteiger partial charge in [0.1, 0.15) is 51.1 Å². The third-order valence-corrected chi connectivity index (χ3v) is 11.4. The molecule has 0 radical (unpaired) electrons. The van der Waals surface area contributed by atoms with Gasteiger partial charge in [-0.2, -0.15) is 4.72 Å². The molecule has 1 aromatic heterocycles. The Labute approximate surface area is 332 Å². The van der Waals surface area contributed by atoms with Crippen molar-refractivity contribution in [2.45, 2.75) is 82.3 Å². The monoisotopic (exact) mass is 828 g/mol. The molecule has 0 saturated carbocycles. The fourth-order valence-electron chi connectivity index (χ4n) is 5.62. The molecule has 4 atom stereocenters. The van der Waals surface area contributed by atoms with Gasteiger partial charge in [-0.15, -0.1) is 11.8 Å². The fourth-order valence-corrected chi connectivity index (χ4v) is 8.84. The number of hydrogen-bond donors (Lipinski definition) is 4. The summed E-state index contributed by atoms with van der Waals surface area (Å²) in [7, 11) is -4.58. The predicted molar refractivity (Wildman–Crippen MR) is 209 cm³/mol. The van der Waals surface area contributed by atoms with Gasteiger partial charge in [-0.3, -0.25) is 19.3 Å². The van der Waals surface area contributed by atoms with E-state index >= 15 is 0 Å². The molecule has 19 heteroatoms. The maximum Gasteiger partial charge on any atom is 0.368 e. The molecule has 3 aromatic rings. The summed E-state index contributed by atoms with van der Waals surface area (Å²) in [6.07, 6.45) is 0.781. The number of hydrogen-bond acceptors (Lipinski definition) is 15. The summed E-state index contributed by atoms with van der Waals surface area (Å²) >= 11 is 1.92. The highest BCUT2D eigenvalue weighted by Crippen LogP contribution is 2.39. The van der Waals surface area contributed by atoms with E-state index in [1.807, 2.05) is 60.7 Å². The third kappa shape index (κ3) is 10.3. The minimum atomic E-state index is -4.58. The van der Waals surface area contributed by atoms with Crippen molar-refractivity contribution in [3.63, 3.8) is 0 Å². The van der Waals surface area contributed by atoms with Gasteiger partial charge in [-0.25, -0.2) is 23.0 Å². The molecule has 0 unspecified atom stereocenters.